The second kappa shape index (κ2) is 8.55. The Balaban J connectivity index is 1.54. The molecule has 7 nitrogen and oxygen atoms in total. The van der Waals surface area contributed by atoms with E-state index in [1.807, 2.05) is 29.8 Å². The number of nitrogens with zero attached hydrogens (tertiary/aromatic N) is 2. The van der Waals surface area contributed by atoms with Crippen molar-refractivity contribution in [1.29, 1.82) is 0 Å². The Hall–Kier alpha value is -3.62. The number of rotatable bonds is 4. The molecule has 3 aromatic carbocycles. The van der Waals surface area contributed by atoms with Gasteiger partial charge < -0.3 is 11.1 Å². The molecule has 0 radical (unpaired) electrons. The molecule has 1 heterocycles. The van der Waals surface area contributed by atoms with Crippen LogP contribution in [0.4, 0.5) is 11.4 Å². The highest BCUT2D eigenvalue weighted by Crippen LogP contribution is 2.38. The first kappa shape index (κ1) is 23.1. The predicted molar refractivity (Wildman–Crippen MR) is 138 cm³/mol. The number of benzene rings is 3. The number of nitrogen functional groups attached to an aromatic ring is 1. The second-order valence-corrected chi connectivity index (χ2v) is 11.1. The molecule has 0 bridgehead atoms. The van der Waals surface area contributed by atoms with Gasteiger partial charge >= 0.3 is 0 Å². The molecule has 4 aromatic rings. The molecule has 0 saturated carbocycles. The summed E-state index contributed by atoms with van der Waals surface area (Å²) in [4.78, 5) is 13.1. The van der Waals surface area contributed by atoms with E-state index in [1.165, 1.54) is 6.26 Å². The van der Waals surface area contributed by atoms with E-state index in [4.69, 9.17) is 22.4 Å². The second-order valence-electron chi connectivity index (χ2n) is 8.65. The summed E-state index contributed by atoms with van der Waals surface area (Å²) in [7, 11) is -3.29. The zero-order chi connectivity index (χ0) is 24.9. The standard InChI is InChI=1S/C26H23ClN4O3S/c1-15-21-11-4-16-3-6-18(29-26(32)17-5-12-23(27)24(28)13-17)14-22(16)25(21)31(30-15)19-7-9-20(10-8-19)35(2,33)34/h3,5-10,12-14H,4,11,28H2,1-2H3,(H,29,32). The lowest BCUT2D eigenvalue weighted by molar-refractivity contribution is 0.102. The fourth-order valence-electron chi connectivity index (χ4n) is 4.40. The maximum absolute atomic E-state index is 12.8. The summed E-state index contributed by atoms with van der Waals surface area (Å²) < 4.78 is 25.6. The molecule has 0 aliphatic heterocycles. The van der Waals surface area contributed by atoms with Gasteiger partial charge in [0.15, 0.2) is 9.84 Å². The van der Waals surface area contributed by atoms with Crippen LogP contribution < -0.4 is 11.1 Å². The van der Waals surface area contributed by atoms with Crippen LogP contribution in [0.15, 0.2) is 65.6 Å². The number of carbonyl (C=O) groups excluding carboxylic acids is 1. The average molecular weight is 507 g/mol. The molecule has 35 heavy (non-hydrogen) atoms. The van der Waals surface area contributed by atoms with Crippen molar-refractivity contribution in [2.24, 2.45) is 0 Å². The number of anilines is 2. The highest BCUT2D eigenvalue weighted by Gasteiger charge is 2.25. The Morgan fingerprint density at radius 1 is 1.06 bits per heavy atom. The number of sulfone groups is 1. The number of halogens is 1. The first-order valence-corrected chi connectivity index (χ1v) is 13.3. The van der Waals surface area contributed by atoms with Crippen LogP contribution in [0.1, 0.15) is 27.2 Å². The minimum atomic E-state index is -3.29. The normalized spacial score (nSPS) is 12.7. The number of hydrogen-bond acceptors (Lipinski definition) is 5. The van der Waals surface area contributed by atoms with Crippen LogP contribution in [0.3, 0.4) is 0 Å². The van der Waals surface area contributed by atoms with E-state index in [9.17, 15) is 13.2 Å². The van der Waals surface area contributed by atoms with E-state index in [0.717, 1.165) is 46.6 Å². The molecule has 5 rings (SSSR count). The summed E-state index contributed by atoms with van der Waals surface area (Å²) in [6, 6.07) is 17.3. The van der Waals surface area contributed by atoms with E-state index in [1.54, 1.807) is 42.5 Å². The maximum Gasteiger partial charge on any atom is 0.255 e. The third kappa shape index (κ3) is 4.31. The number of hydrogen-bond donors (Lipinski definition) is 2. The van der Waals surface area contributed by atoms with E-state index in [-0.39, 0.29) is 10.8 Å². The van der Waals surface area contributed by atoms with Crippen LogP contribution >= 0.6 is 11.6 Å². The number of fused-ring (bicyclic) bond motifs is 3. The van der Waals surface area contributed by atoms with Crippen molar-refractivity contribution in [3.05, 3.63) is 88.1 Å². The lowest BCUT2D eigenvalue weighted by Gasteiger charge is -2.20. The summed E-state index contributed by atoms with van der Waals surface area (Å²) in [5.41, 5.74) is 13.2. The van der Waals surface area contributed by atoms with Crippen LogP contribution in [-0.2, 0) is 22.7 Å². The molecule has 1 aliphatic carbocycles. The number of aromatic nitrogens is 2. The quantitative estimate of drug-likeness (QED) is 0.385. The third-order valence-electron chi connectivity index (χ3n) is 6.22. The number of amides is 1. The van der Waals surface area contributed by atoms with Gasteiger partial charge in [-0.15, -0.1) is 0 Å². The van der Waals surface area contributed by atoms with Crippen LogP contribution in [0.5, 0.6) is 0 Å². The van der Waals surface area contributed by atoms with E-state index in [0.29, 0.717) is 22.0 Å². The molecule has 1 aliphatic rings. The number of nitrogens with one attached hydrogen (secondary N) is 1. The van der Waals surface area contributed by atoms with E-state index in [2.05, 4.69) is 5.32 Å². The summed E-state index contributed by atoms with van der Waals surface area (Å²) in [5.74, 6) is -0.287. The summed E-state index contributed by atoms with van der Waals surface area (Å²) in [6.45, 7) is 1.97. The van der Waals surface area contributed by atoms with Crippen molar-refractivity contribution < 1.29 is 13.2 Å². The molecule has 1 aromatic heterocycles. The third-order valence-corrected chi connectivity index (χ3v) is 7.69. The molecule has 0 unspecified atom stereocenters. The van der Waals surface area contributed by atoms with Gasteiger partial charge in [-0.1, -0.05) is 17.7 Å². The first-order chi connectivity index (χ1) is 16.6. The molecule has 0 atom stereocenters. The summed E-state index contributed by atoms with van der Waals surface area (Å²) in [5, 5.41) is 8.10. The van der Waals surface area contributed by atoms with Crippen LogP contribution in [-0.4, -0.2) is 30.4 Å². The minimum absolute atomic E-state index is 0.257. The van der Waals surface area contributed by atoms with E-state index >= 15 is 0 Å². The van der Waals surface area contributed by atoms with Gasteiger partial charge in [0.25, 0.3) is 5.91 Å². The van der Waals surface area contributed by atoms with Gasteiger partial charge in [0.1, 0.15) is 0 Å². The molecule has 9 heteroatoms. The van der Waals surface area contributed by atoms with Crippen molar-refractivity contribution >= 4 is 38.7 Å². The molecular formula is C26H23ClN4O3S. The maximum atomic E-state index is 12.8. The van der Waals surface area contributed by atoms with Crippen molar-refractivity contribution in [2.45, 2.75) is 24.7 Å². The lowest BCUT2D eigenvalue weighted by Crippen LogP contribution is -2.13. The van der Waals surface area contributed by atoms with Crippen LogP contribution in [0, 0.1) is 6.92 Å². The van der Waals surface area contributed by atoms with Crippen molar-refractivity contribution in [3.63, 3.8) is 0 Å². The lowest BCUT2D eigenvalue weighted by atomic mass is 9.88. The largest absolute Gasteiger partial charge is 0.398 e. The molecule has 0 fully saturated rings. The fourth-order valence-corrected chi connectivity index (χ4v) is 5.15. The highest BCUT2D eigenvalue weighted by molar-refractivity contribution is 7.90. The molecule has 178 valence electrons. The van der Waals surface area contributed by atoms with Crippen LogP contribution in [0.2, 0.25) is 5.02 Å². The molecular weight excluding hydrogens is 484 g/mol. The number of aryl methyl sites for hydroxylation is 2. The van der Waals surface area contributed by atoms with Gasteiger partial charge in [-0.2, -0.15) is 5.10 Å². The smallest absolute Gasteiger partial charge is 0.255 e. The Morgan fingerprint density at radius 3 is 2.49 bits per heavy atom. The first-order valence-electron chi connectivity index (χ1n) is 11.0. The van der Waals surface area contributed by atoms with Gasteiger partial charge in [0, 0.05) is 28.6 Å². The van der Waals surface area contributed by atoms with Gasteiger partial charge in [-0.25, -0.2) is 13.1 Å². The monoisotopic (exact) mass is 506 g/mol. The Kier molecular flexibility index (Phi) is 5.65. The van der Waals surface area contributed by atoms with Crippen molar-refractivity contribution in [1.82, 2.24) is 9.78 Å². The Morgan fingerprint density at radius 2 is 1.80 bits per heavy atom. The van der Waals surface area contributed by atoms with Gasteiger partial charge in [-0.05, 0) is 79.9 Å². The topological polar surface area (TPSA) is 107 Å². The van der Waals surface area contributed by atoms with Gasteiger partial charge in [-0.3, -0.25) is 4.79 Å². The van der Waals surface area contributed by atoms with Crippen molar-refractivity contribution in [2.75, 3.05) is 17.3 Å². The van der Waals surface area contributed by atoms with E-state index < -0.39 is 9.84 Å². The predicted octanol–water partition coefficient (Wildman–Crippen LogP) is 4.84. The molecule has 1 amide bonds. The summed E-state index contributed by atoms with van der Waals surface area (Å²) >= 11 is 5.98. The number of nitrogens with two attached hydrogens (primary N) is 1. The molecule has 0 saturated heterocycles. The SMILES string of the molecule is Cc1nn(-c2ccc(S(C)(=O)=O)cc2)c2c1CCc1ccc(NC(=O)c3ccc(Cl)c(N)c3)cc1-2. The highest BCUT2D eigenvalue weighted by atomic mass is 35.5. The zero-order valence-corrected chi connectivity index (χ0v) is 20.7. The number of carbonyl (C=O) groups is 1. The minimum Gasteiger partial charge on any atom is -0.398 e. The fraction of sp³-hybridized carbons (Fsp3) is 0.154. The Bertz CT molecular complexity index is 1590. The summed E-state index contributed by atoms with van der Waals surface area (Å²) in [6.07, 6.45) is 2.90. The van der Waals surface area contributed by atoms with Crippen molar-refractivity contribution in [3.8, 4) is 16.9 Å². The zero-order valence-electron chi connectivity index (χ0n) is 19.2. The average Bonchev–Trinajstić information content (AvgIpc) is 3.17. The van der Waals surface area contributed by atoms with Crippen LogP contribution in [0.25, 0.3) is 16.9 Å². The van der Waals surface area contributed by atoms with Gasteiger partial charge in [0.2, 0.25) is 0 Å². The molecule has 0 spiro atoms. The molecule has 3 N–H and O–H groups in total. The van der Waals surface area contributed by atoms with Gasteiger partial charge in [0.05, 0.1) is 32.7 Å². The Labute approximate surface area is 208 Å².